The lowest BCUT2D eigenvalue weighted by Crippen LogP contribution is -2.57. The second-order valence-electron chi connectivity index (χ2n) is 8.62. The average molecular weight is 439 g/mol. The molecule has 0 saturated heterocycles. The van der Waals surface area contributed by atoms with Crippen molar-refractivity contribution >= 4 is 40.6 Å². The first-order chi connectivity index (χ1) is 14.2. The van der Waals surface area contributed by atoms with Crippen LogP contribution in [0.5, 0.6) is 0 Å². The molecular formula is C25H24Cl2N2O. The zero-order chi connectivity index (χ0) is 21.5. The van der Waals surface area contributed by atoms with Crippen LogP contribution in [0.3, 0.4) is 0 Å². The molecule has 3 aromatic carbocycles. The molecular weight excluding hydrogens is 415 g/mol. The molecule has 0 spiro atoms. The van der Waals surface area contributed by atoms with Gasteiger partial charge in [0.25, 0.3) is 0 Å². The minimum absolute atomic E-state index is 0.159. The van der Waals surface area contributed by atoms with Crippen LogP contribution in [-0.2, 0) is 5.41 Å². The number of hydrogen-bond donors (Lipinski definition) is 1. The van der Waals surface area contributed by atoms with Crippen LogP contribution in [0, 0.1) is 0 Å². The monoisotopic (exact) mass is 438 g/mol. The van der Waals surface area contributed by atoms with Gasteiger partial charge >= 0.3 is 6.03 Å². The Balaban J connectivity index is 1.77. The Bertz CT molecular complexity index is 1080. The molecule has 0 saturated carbocycles. The molecule has 0 fully saturated rings. The number of anilines is 2. The van der Waals surface area contributed by atoms with Crippen LogP contribution in [0.2, 0.25) is 10.0 Å². The smallest absolute Gasteiger partial charge is 0.308 e. The number of halogens is 2. The van der Waals surface area contributed by atoms with Gasteiger partial charge in [-0.05, 0) is 73.9 Å². The minimum Gasteiger partial charge on any atom is -0.308 e. The highest BCUT2D eigenvalue weighted by atomic mass is 35.5. The van der Waals surface area contributed by atoms with Gasteiger partial charge in [-0.15, -0.1) is 0 Å². The molecule has 3 nitrogen and oxygen atoms in total. The molecule has 4 rings (SSSR count). The van der Waals surface area contributed by atoms with Gasteiger partial charge in [-0.2, -0.15) is 0 Å². The molecule has 0 aliphatic carbocycles. The van der Waals surface area contributed by atoms with E-state index in [0.29, 0.717) is 10.7 Å². The number of fused-ring (bicyclic) bond motifs is 1. The topological polar surface area (TPSA) is 32.3 Å². The zero-order valence-corrected chi connectivity index (χ0v) is 18.8. The van der Waals surface area contributed by atoms with Crippen molar-refractivity contribution in [1.82, 2.24) is 0 Å². The highest BCUT2D eigenvalue weighted by Gasteiger charge is 2.47. The lowest BCUT2D eigenvalue weighted by Gasteiger charge is -2.51. The third-order valence-electron chi connectivity index (χ3n) is 5.91. The highest BCUT2D eigenvalue weighted by molar-refractivity contribution is 6.30. The van der Waals surface area contributed by atoms with E-state index in [1.54, 1.807) is 24.3 Å². The lowest BCUT2D eigenvalue weighted by molar-refractivity contribution is 0.243. The summed E-state index contributed by atoms with van der Waals surface area (Å²) in [4.78, 5) is 15.3. The van der Waals surface area contributed by atoms with E-state index in [0.717, 1.165) is 22.7 Å². The number of para-hydroxylation sites is 1. The molecule has 2 amide bonds. The molecule has 1 aliphatic heterocycles. The predicted octanol–water partition coefficient (Wildman–Crippen LogP) is 7.52. The number of amides is 2. The Kier molecular flexibility index (Phi) is 5.29. The maximum atomic E-state index is 13.4. The van der Waals surface area contributed by atoms with Crippen molar-refractivity contribution in [3.63, 3.8) is 0 Å². The second-order valence-corrected chi connectivity index (χ2v) is 9.49. The summed E-state index contributed by atoms with van der Waals surface area (Å²) in [5.41, 5.74) is 3.27. The van der Waals surface area contributed by atoms with Gasteiger partial charge < -0.3 is 5.32 Å². The van der Waals surface area contributed by atoms with Gasteiger partial charge in [0.1, 0.15) is 0 Å². The van der Waals surface area contributed by atoms with Crippen molar-refractivity contribution in [2.24, 2.45) is 0 Å². The van der Waals surface area contributed by atoms with E-state index < -0.39 is 5.54 Å². The Morgan fingerprint density at radius 2 is 1.43 bits per heavy atom. The largest absolute Gasteiger partial charge is 0.326 e. The molecule has 154 valence electrons. The second kappa shape index (κ2) is 7.64. The normalized spacial score (nSPS) is 19.8. The van der Waals surface area contributed by atoms with Gasteiger partial charge in [-0.3, -0.25) is 4.90 Å². The minimum atomic E-state index is -0.417. The van der Waals surface area contributed by atoms with Crippen molar-refractivity contribution < 1.29 is 4.79 Å². The van der Waals surface area contributed by atoms with Crippen molar-refractivity contribution in [2.45, 2.75) is 38.1 Å². The van der Waals surface area contributed by atoms with Crippen LogP contribution in [-0.4, -0.2) is 11.6 Å². The fourth-order valence-corrected chi connectivity index (χ4v) is 4.92. The zero-order valence-electron chi connectivity index (χ0n) is 17.2. The fourth-order valence-electron chi connectivity index (χ4n) is 4.67. The Morgan fingerprint density at radius 1 is 0.867 bits per heavy atom. The summed E-state index contributed by atoms with van der Waals surface area (Å²) in [6.45, 7) is 6.46. The van der Waals surface area contributed by atoms with Crippen LogP contribution in [0.4, 0.5) is 16.2 Å². The van der Waals surface area contributed by atoms with Gasteiger partial charge in [0.05, 0.1) is 5.69 Å². The third-order valence-corrected chi connectivity index (χ3v) is 6.41. The first-order valence-electron chi connectivity index (χ1n) is 9.93. The molecule has 0 bridgehead atoms. The number of nitrogens with zero attached hydrogens (tertiary/aromatic N) is 1. The first-order valence-corrected chi connectivity index (χ1v) is 10.7. The molecule has 0 aromatic heterocycles. The molecule has 0 radical (unpaired) electrons. The molecule has 1 unspecified atom stereocenters. The maximum Gasteiger partial charge on any atom is 0.326 e. The fraction of sp³-hybridized carbons (Fsp3) is 0.240. The van der Waals surface area contributed by atoms with Crippen LogP contribution in [0.15, 0.2) is 72.8 Å². The third kappa shape index (κ3) is 3.68. The lowest BCUT2D eigenvalue weighted by atomic mass is 9.65. The van der Waals surface area contributed by atoms with Crippen molar-refractivity contribution in [3.05, 3.63) is 94.0 Å². The first kappa shape index (κ1) is 20.8. The van der Waals surface area contributed by atoms with E-state index >= 15 is 0 Å². The van der Waals surface area contributed by atoms with Crippen LogP contribution in [0.1, 0.15) is 38.3 Å². The van der Waals surface area contributed by atoms with Gasteiger partial charge in [0.15, 0.2) is 0 Å². The predicted molar refractivity (Wildman–Crippen MR) is 126 cm³/mol. The molecule has 30 heavy (non-hydrogen) atoms. The number of carbonyl (C=O) groups is 1. The molecule has 1 N–H and O–H groups in total. The summed E-state index contributed by atoms with van der Waals surface area (Å²) in [5.74, 6) is 0. The van der Waals surface area contributed by atoms with E-state index in [-0.39, 0.29) is 11.4 Å². The summed E-state index contributed by atoms with van der Waals surface area (Å²) in [6.07, 6.45) is 0.771. The van der Waals surface area contributed by atoms with E-state index in [1.165, 1.54) is 5.56 Å². The molecule has 1 atom stereocenters. The SMILES string of the molecule is CC1(c2ccc(Cl)cc2)CC(C)(C)N(C(=O)Nc2ccc(Cl)cc2)c2ccccc21. The Hall–Kier alpha value is -2.49. The highest BCUT2D eigenvalue weighted by Crippen LogP contribution is 2.50. The van der Waals surface area contributed by atoms with Gasteiger partial charge in [-0.25, -0.2) is 4.79 Å². The van der Waals surface area contributed by atoms with E-state index in [1.807, 2.05) is 35.2 Å². The van der Waals surface area contributed by atoms with E-state index in [2.05, 4.69) is 44.3 Å². The van der Waals surface area contributed by atoms with Crippen LogP contribution < -0.4 is 10.2 Å². The standard InChI is InChI=1S/C25H24Cl2N2O/c1-24(2)16-25(3,17-8-10-18(26)11-9-17)21-6-4-5-7-22(21)29(24)23(30)28-20-14-12-19(27)13-15-20/h4-15H,16H2,1-3H3,(H,28,30). The quantitative estimate of drug-likeness (QED) is 0.440. The molecule has 1 aliphatic rings. The summed E-state index contributed by atoms with van der Waals surface area (Å²) >= 11 is 12.1. The summed E-state index contributed by atoms with van der Waals surface area (Å²) in [7, 11) is 0. The average Bonchev–Trinajstić information content (AvgIpc) is 2.69. The van der Waals surface area contributed by atoms with E-state index in [9.17, 15) is 4.79 Å². The molecule has 1 heterocycles. The Labute approximate surface area is 187 Å². The summed E-state index contributed by atoms with van der Waals surface area (Å²) in [6, 6.07) is 23.1. The van der Waals surface area contributed by atoms with Crippen LogP contribution in [0.25, 0.3) is 0 Å². The maximum absolute atomic E-state index is 13.4. The van der Waals surface area contributed by atoms with Crippen molar-refractivity contribution in [2.75, 3.05) is 10.2 Å². The number of nitrogens with one attached hydrogen (secondary N) is 1. The number of hydrogen-bond acceptors (Lipinski definition) is 1. The van der Waals surface area contributed by atoms with Gasteiger partial charge in [0.2, 0.25) is 0 Å². The number of benzene rings is 3. The molecule has 5 heteroatoms. The van der Waals surface area contributed by atoms with Gasteiger partial charge in [0, 0.05) is 26.7 Å². The Morgan fingerprint density at radius 3 is 2.07 bits per heavy atom. The summed E-state index contributed by atoms with van der Waals surface area (Å²) in [5, 5.41) is 4.37. The number of urea groups is 1. The van der Waals surface area contributed by atoms with Crippen molar-refractivity contribution in [3.8, 4) is 0 Å². The molecule has 3 aromatic rings. The van der Waals surface area contributed by atoms with Crippen molar-refractivity contribution in [1.29, 1.82) is 0 Å². The summed E-state index contributed by atoms with van der Waals surface area (Å²) < 4.78 is 0. The van der Waals surface area contributed by atoms with Gasteiger partial charge in [-0.1, -0.05) is 60.5 Å². The van der Waals surface area contributed by atoms with Crippen LogP contribution >= 0.6 is 23.2 Å². The number of carbonyl (C=O) groups excluding carboxylic acids is 1. The van der Waals surface area contributed by atoms with E-state index in [4.69, 9.17) is 23.2 Å². The number of rotatable bonds is 2.